The maximum Gasteiger partial charge on any atom is 0.250 e. The molecule has 0 aromatic heterocycles. The Kier molecular flexibility index (Phi) is 4.52. The zero-order chi connectivity index (χ0) is 20.4. The summed E-state index contributed by atoms with van der Waals surface area (Å²) >= 11 is 6.24. The van der Waals surface area contributed by atoms with E-state index < -0.39 is 17.4 Å². The zero-order valence-electron chi connectivity index (χ0n) is 16.3. The Morgan fingerprint density at radius 1 is 1.25 bits per heavy atom. The lowest BCUT2D eigenvalue weighted by Gasteiger charge is -2.30. The van der Waals surface area contributed by atoms with E-state index in [-0.39, 0.29) is 42.8 Å². The smallest absolute Gasteiger partial charge is 0.250 e. The molecular formula is C20H24ClN3O4. The molecule has 0 aliphatic carbocycles. The molecule has 3 aliphatic heterocycles. The maximum atomic E-state index is 13.3. The summed E-state index contributed by atoms with van der Waals surface area (Å²) in [4.78, 5) is 41.0. The third-order valence-electron chi connectivity index (χ3n) is 6.35. The van der Waals surface area contributed by atoms with Gasteiger partial charge in [-0.1, -0.05) is 31.5 Å². The summed E-state index contributed by atoms with van der Waals surface area (Å²) in [5.74, 6) is -2.17. The number of rotatable bonds is 4. The van der Waals surface area contributed by atoms with E-state index in [4.69, 9.17) is 16.3 Å². The van der Waals surface area contributed by atoms with Gasteiger partial charge in [0.05, 0.1) is 30.7 Å². The van der Waals surface area contributed by atoms with E-state index >= 15 is 0 Å². The first-order chi connectivity index (χ1) is 13.3. The van der Waals surface area contributed by atoms with Gasteiger partial charge in [-0.2, -0.15) is 0 Å². The number of nitrogens with one attached hydrogen (secondary N) is 2. The Hall–Kier alpha value is -1.96. The van der Waals surface area contributed by atoms with Gasteiger partial charge in [-0.05, 0) is 24.5 Å². The number of halogens is 1. The molecule has 150 valence electrons. The lowest BCUT2D eigenvalue weighted by Crippen LogP contribution is -2.54. The van der Waals surface area contributed by atoms with Crippen molar-refractivity contribution in [3.63, 3.8) is 0 Å². The molecule has 0 saturated carbocycles. The Bertz CT molecular complexity index is 886. The van der Waals surface area contributed by atoms with E-state index in [2.05, 4.69) is 10.6 Å². The average molecular weight is 406 g/mol. The number of amides is 3. The van der Waals surface area contributed by atoms with Gasteiger partial charge in [-0.25, -0.2) is 0 Å². The van der Waals surface area contributed by atoms with Crippen LogP contribution in [0.2, 0.25) is 5.02 Å². The van der Waals surface area contributed by atoms with Gasteiger partial charge in [0.15, 0.2) is 0 Å². The fourth-order valence-electron chi connectivity index (χ4n) is 4.96. The monoisotopic (exact) mass is 405 g/mol. The molecule has 3 heterocycles. The number of hydrogen-bond donors (Lipinski definition) is 2. The summed E-state index contributed by atoms with van der Waals surface area (Å²) in [5.41, 5.74) is 0.804. The molecule has 0 radical (unpaired) electrons. The van der Waals surface area contributed by atoms with Crippen molar-refractivity contribution in [2.75, 3.05) is 25.6 Å². The van der Waals surface area contributed by atoms with E-state index in [9.17, 15) is 14.4 Å². The first-order valence-electron chi connectivity index (χ1n) is 9.48. The third-order valence-corrected chi connectivity index (χ3v) is 6.76. The van der Waals surface area contributed by atoms with Crippen molar-refractivity contribution in [1.82, 2.24) is 10.2 Å². The number of carbonyl (C=O) groups is 3. The number of carbonyl (C=O) groups excluding carboxylic acids is 3. The minimum Gasteiger partial charge on any atom is -0.383 e. The number of benzene rings is 1. The van der Waals surface area contributed by atoms with Gasteiger partial charge >= 0.3 is 0 Å². The molecule has 2 fully saturated rings. The number of nitrogens with zero attached hydrogens (tertiary/aromatic N) is 1. The van der Waals surface area contributed by atoms with Crippen molar-refractivity contribution in [2.24, 2.45) is 17.8 Å². The van der Waals surface area contributed by atoms with Crippen LogP contribution in [0.3, 0.4) is 0 Å². The van der Waals surface area contributed by atoms with Gasteiger partial charge in [0.1, 0.15) is 5.54 Å². The Morgan fingerprint density at radius 3 is 2.61 bits per heavy atom. The fraction of sp³-hybridized carbons (Fsp3) is 0.550. The van der Waals surface area contributed by atoms with E-state index in [0.29, 0.717) is 16.3 Å². The van der Waals surface area contributed by atoms with Gasteiger partial charge in [0.2, 0.25) is 17.7 Å². The van der Waals surface area contributed by atoms with Crippen molar-refractivity contribution < 1.29 is 19.1 Å². The summed E-state index contributed by atoms with van der Waals surface area (Å²) in [7, 11) is 1.53. The molecule has 1 aromatic carbocycles. The van der Waals surface area contributed by atoms with Crippen molar-refractivity contribution in [2.45, 2.75) is 32.4 Å². The first-order valence-corrected chi connectivity index (χ1v) is 9.86. The predicted octanol–water partition coefficient (Wildman–Crippen LogP) is 1.67. The fourth-order valence-corrected chi connectivity index (χ4v) is 5.11. The van der Waals surface area contributed by atoms with Crippen molar-refractivity contribution in [3.05, 3.63) is 28.3 Å². The lowest BCUT2D eigenvalue weighted by atomic mass is 9.75. The summed E-state index contributed by atoms with van der Waals surface area (Å²) in [6, 6.07) is 3.23. The number of methoxy groups -OCH3 is 1. The highest BCUT2D eigenvalue weighted by molar-refractivity contribution is 6.32. The summed E-state index contributed by atoms with van der Waals surface area (Å²) in [6.07, 6.45) is 0. The first kappa shape index (κ1) is 19.4. The molecule has 3 aliphatic rings. The topological polar surface area (TPSA) is 87.7 Å². The third kappa shape index (κ3) is 2.33. The van der Waals surface area contributed by atoms with Gasteiger partial charge in [-0.3, -0.25) is 24.6 Å². The summed E-state index contributed by atoms with van der Waals surface area (Å²) in [6.45, 7) is 6.27. The molecule has 28 heavy (non-hydrogen) atoms. The molecule has 2 saturated heterocycles. The molecule has 4 atom stereocenters. The van der Waals surface area contributed by atoms with Crippen molar-refractivity contribution >= 4 is 35.0 Å². The molecule has 1 spiro atoms. The molecule has 4 unspecified atom stereocenters. The highest BCUT2D eigenvalue weighted by atomic mass is 35.5. The summed E-state index contributed by atoms with van der Waals surface area (Å²) < 4.78 is 5.06. The van der Waals surface area contributed by atoms with Gasteiger partial charge < -0.3 is 10.1 Å². The van der Waals surface area contributed by atoms with E-state index in [1.54, 1.807) is 12.1 Å². The van der Waals surface area contributed by atoms with Gasteiger partial charge in [0.25, 0.3) is 0 Å². The normalized spacial score (nSPS) is 31.1. The molecule has 0 bridgehead atoms. The zero-order valence-corrected chi connectivity index (χ0v) is 17.1. The SMILES string of the molecule is COCCN1C(=O)C2C(C(C)C)NC3(C(=O)Nc4c3ccc(Cl)c4C)C2C1=O. The second-order valence-electron chi connectivity index (χ2n) is 8.10. The van der Waals surface area contributed by atoms with Crippen LogP contribution in [0.5, 0.6) is 0 Å². The summed E-state index contributed by atoms with van der Waals surface area (Å²) in [5, 5.41) is 6.86. The second-order valence-corrected chi connectivity index (χ2v) is 8.50. The minimum absolute atomic E-state index is 0.0660. The van der Waals surface area contributed by atoms with Crippen LogP contribution in [-0.4, -0.2) is 48.9 Å². The predicted molar refractivity (Wildman–Crippen MR) is 104 cm³/mol. The van der Waals surface area contributed by atoms with Crippen LogP contribution in [-0.2, 0) is 24.7 Å². The molecule has 3 amide bonds. The highest BCUT2D eigenvalue weighted by Gasteiger charge is 2.70. The number of hydrogen-bond acceptors (Lipinski definition) is 5. The Labute approximate surface area is 168 Å². The van der Waals surface area contributed by atoms with E-state index in [1.165, 1.54) is 12.0 Å². The van der Waals surface area contributed by atoms with E-state index in [1.807, 2.05) is 20.8 Å². The highest BCUT2D eigenvalue weighted by Crippen LogP contribution is 2.54. The second kappa shape index (κ2) is 6.54. The minimum atomic E-state index is -1.27. The number of imide groups is 1. The number of fused-ring (bicyclic) bond motifs is 4. The number of likely N-dealkylation sites (tertiary alicyclic amines) is 1. The molecule has 4 rings (SSSR count). The van der Waals surface area contributed by atoms with Crippen LogP contribution < -0.4 is 10.6 Å². The molecule has 2 N–H and O–H groups in total. The van der Waals surface area contributed by atoms with Crippen LogP contribution in [0, 0.1) is 24.7 Å². The van der Waals surface area contributed by atoms with Gasteiger partial charge in [0, 0.05) is 23.7 Å². The Morgan fingerprint density at radius 2 is 1.96 bits per heavy atom. The maximum absolute atomic E-state index is 13.3. The van der Waals surface area contributed by atoms with Crippen LogP contribution in [0.25, 0.3) is 0 Å². The molecule has 7 nitrogen and oxygen atoms in total. The molecule has 1 aromatic rings. The van der Waals surface area contributed by atoms with Crippen LogP contribution in [0.15, 0.2) is 12.1 Å². The van der Waals surface area contributed by atoms with Crippen molar-refractivity contribution in [3.8, 4) is 0 Å². The van der Waals surface area contributed by atoms with E-state index in [0.717, 1.165) is 5.56 Å². The number of ether oxygens (including phenoxy) is 1. The van der Waals surface area contributed by atoms with Crippen LogP contribution in [0.4, 0.5) is 5.69 Å². The lowest BCUT2D eigenvalue weighted by molar-refractivity contribution is -0.143. The van der Waals surface area contributed by atoms with Gasteiger partial charge in [-0.15, -0.1) is 0 Å². The molecular weight excluding hydrogens is 382 g/mol. The van der Waals surface area contributed by atoms with Crippen LogP contribution in [0.1, 0.15) is 25.0 Å². The quantitative estimate of drug-likeness (QED) is 0.744. The standard InChI is InChI=1S/C20H24ClN3O4/c1-9(2)15-13-14(18(26)24(17(13)25)7-8-28-4)20(23-15)11-5-6-12(21)10(3)16(11)22-19(20)27/h5-6,9,13-15,23H,7-8H2,1-4H3,(H,22,27). The largest absolute Gasteiger partial charge is 0.383 e. The van der Waals surface area contributed by atoms with Crippen molar-refractivity contribution in [1.29, 1.82) is 0 Å². The van der Waals surface area contributed by atoms with Crippen LogP contribution >= 0.6 is 11.6 Å². The average Bonchev–Trinajstić information content (AvgIpc) is 3.23. The number of anilines is 1. The molecule has 8 heteroatoms. The Balaban J connectivity index is 1.88.